The quantitative estimate of drug-likeness (QED) is 0.802. The van der Waals surface area contributed by atoms with E-state index in [0.717, 1.165) is 44.0 Å². The number of amides is 1. The highest BCUT2D eigenvalue weighted by molar-refractivity contribution is 6.30. The fourth-order valence-corrected chi connectivity index (χ4v) is 2.74. The lowest BCUT2D eigenvalue weighted by molar-refractivity contribution is -0.137. The fourth-order valence-electron chi connectivity index (χ4n) is 2.55. The van der Waals surface area contributed by atoms with E-state index in [0.29, 0.717) is 11.6 Å². The highest BCUT2D eigenvalue weighted by Crippen LogP contribution is 2.24. The fraction of sp³-hybridized carbons (Fsp3) is 0.562. The minimum Gasteiger partial charge on any atom is -0.496 e. The maximum atomic E-state index is 11.9. The third-order valence-electron chi connectivity index (χ3n) is 3.79. The molecule has 0 radical (unpaired) electrons. The van der Waals surface area contributed by atoms with Gasteiger partial charge >= 0.3 is 0 Å². The van der Waals surface area contributed by atoms with Crippen molar-refractivity contribution in [2.75, 3.05) is 46.5 Å². The monoisotopic (exact) mass is 326 g/mol. The van der Waals surface area contributed by atoms with E-state index < -0.39 is 0 Å². The summed E-state index contributed by atoms with van der Waals surface area (Å²) in [7, 11) is 1.66. The molecule has 122 valence electrons. The highest BCUT2D eigenvalue weighted by atomic mass is 35.5. The van der Waals surface area contributed by atoms with Crippen LogP contribution in [0, 0.1) is 0 Å². The second-order valence-corrected chi connectivity index (χ2v) is 5.69. The summed E-state index contributed by atoms with van der Waals surface area (Å²) in [4.78, 5) is 16.1. The number of piperazine rings is 1. The zero-order chi connectivity index (χ0) is 15.9. The standard InChI is InChI=1S/C16H23ClN2O3/c1-3-22-12-16(20)19-8-6-18(7-9-19)11-13-10-14(17)4-5-15(13)21-2/h4-5,10H,3,6-9,11-12H2,1-2H3. The Morgan fingerprint density at radius 3 is 2.64 bits per heavy atom. The molecule has 1 aromatic rings. The number of hydrogen-bond donors (Lipinski definition) is 0. The molecule has 0 aromatic heterocycles. The van der Waals surface area contributed by atoms with Crippen LogP contribution in [-0.2, 0) is 16.1 Å². The van der Waals surface area contributed by atoms with Crippen molar-refractivity contribution in [2.24, 2.45) is 0 Å². The molecule has 0 unspecified atom stereocenters. The maximum Gasteiger partial charge on any atom is 0.248 e. The van der Waals surface area contributed by atoms with Gasteiger partial charge in [0.15, 0.2) is 0 Å². The number of rotatable bonds is 6. The summed E-state index contributed by atoms with van der Waals surface area (Å²) < 4.78 is 10.6. The molecule has 1 amide bonds. The summed E-state index contributed by atoms with van der Waals surface area (Å²) in [5.74, 6) is 0.918. The van der Waals surface area contributed by atoms with Crippen LogP contribution in [0.25, 0.3) is 0 Å². The Hall–Kier alpha value is -1.30. The number of halogens is 1. The summed E-state index contributed by atoms with van der Waals surface area (Å²) in [6.07, 6.45) is 0. The van der Waals surface area contributed by atoms with Crippen molar-refractivity contribution in [3.63, 3.8) is 0 Å². The molecular formula is C16H23ClN2O3. The first-order valence-corrected chi connectivity index (χ1v) is 7.92. The van der Waals surface area contributed by atoms with Gasteiger partial charge in [-0.05, 0) is 25.1 Å². The van der Waals surface area contributed by atoms with Gasteiger partial charge in [-0.15, -0.1) is 0 Å². The van der Waals surface area contributed by atoms with E-state index in [1.54, 1.807) is 7.11 Å². The molecule has 1 aliphatic rings. The van der Waals surface area contributed by atoms with Crippen LogP contribution in [0.15, 0.2) is 18.2 Å². The zero-order valence-corrected chi connectivity index (χ0v) is 13.9. The average molecular weight is 327 g/mol. The van der Waals surface area contributed by atoms with Crippen LogP contribution in [0.2, 0.25) is 5.02 Å². The Bertz CT molecular complexity index is 502. The van der Waals surface area contributed by atoms with Gasteiger partial charge in [0.05, 0.1) is 7.11 Å². The molecule has 1 saturated heterocycles. The van der Waals surface area contributed by atoms with Gasteiger partial charge in [-0.25, -0.2) is 0 Å². The van der Waals surface area contributed by atoms with Gasteiger partial charge in [0.25, 0.3) is 0 Å². The molecule has 6 heteroatoms. The molecule has 22 heavy (non-hydrogen) atoms. The number of carbonyl (C=O) groups is 1. The Morgan fingerprint density at radius 2 is 2.00 bits per heavy atom. The van der Waals surface area contributed by atoms with Crippen molar-refractivity contribution in [1.29, 1.82) is 0 Å². The Kier molecular flexibility index (Phi) is 6.49. The van der Waals surface area contributed by atoms with Crippen LogP contribution in [-0.4, -0.2) is 62.2 Å². The number of ether oxygens (including phenoxy) is 2. The van der Waals surface area contributed by atoms with Gasteiger partial charge in [0.1, 0.15) is 12.4 Å². The molecule has 1 aromatic carbocycles. The minimum absolute atomic E-state index is 0.0711. The molecule has 2 rings (SSSR count). The first-order chi connectivity index (χ1) is 10.6. The van der Waals surface area contributed by atoms with Crippen molar-refractivity contribution in [2.45, 2.75) is 13.5 Å². The van der Waals surface area contributed by atoms with Gasteiger partial charge in [-0.3, -0.25) is 9.69 Å². The number of benzene rings is 1. The molecule has 0 spiro atoms. The second kappa shape index (κ2) is 8.36. The number of hydrogen-bond acceptors (Lipinski definition) is 4. The van der Waals surface area contributed by atoms with Gasteiger partial charge in [0, 0.05) is 49.9 Å². The topological polar surface area (TPSA) is 42.0 Å². The minimum atomic E-state index is 0.0711. The van der Waals surface area contributed by atoms with Crippen molar-refractivity contribution >= 4 is 17.5 Å². The molecule has 1 aliphatic heterocycles. The summed E-state index contributed by atoms with van der Waals surface area (Å²) in [5.41, 5.74) is 1.07. The van der Waals surface area contributed by atoms with Crippen LogP contribution >= 0.6 is 11.6 Å². The molecule has 0 N–H and O–H groups in total. The SMILES string of the molecule is CCOCC(=O)N1CCN(Cc2cc(Cl)ccc2OC)CC1. The molecule has 5 nitrogen and oxygen atoms in total. The number of methoxy groups -OCH3 is 1. The number of nitrogens with zero attached hydrogens (tertiary/aromatic N) is 2. The third kappa shape index (κ3) is 4.60. The summed E-state index contributed by atoms with van der Waals surface area (Å²) in [5, 5.41) is 0.710. The Labute approximate surface area is 136 Å². The van der Waals surface area contributed by atoms with E-state index >= 15 is 0 Å². The molecule has 1 heterocycles. The lowest BCUT2D eigenvalue weighted by Gasteiger charge is -2.34. The van der Waals surface area contributed by atoms with Crippen LogP contribution in [0.3, 0.4) is 0 Å². The van der Waals surface area contributed by atoms with E-state index in [9.17, 15) is 4.79 Å². The summed E-state index contributed by atoms with van der Waals surface area (Å²) >= 11 is 6.06. The third-order valence-corrected chi connectivity index (χ3v) is 4.03. The average Bonchev–Trinajstić information content (AvgIpc) is 2.53. The molecule has 0 saturated carbocycles. The van der Waals surface area contributed by atoms with Crippen molar-refractivity contribution < 1.29 is 14.3 Å². The van der Waals surface area contributed by atoms with E-state index in [4.69, 9.17) is 21.1 Å². The van der Waals surface area contributed by atoms with E-state index in [1.165, 1.54) is 0 Å². The smallest absolute Gasteiger partial charge is 0.248 e. The van der Waals surface area contributed by atoms with Crippen molar-refractivity contribution in [3.05, 3.63) is 28.8 Å². The second-order valence-electron chi connectivity index (χ2n) is 5.25. The van der Waals surface area contributed by atoms with Crippen LogP contribution in [0.5, 0.6) is 5.75 Å². The van der Waals surface area contributed by atoms with Gasteiger partial charge in [-0.1, -0.05) is 11.6 Å². The largest absolute Gasteiger partial charge is 0.496 e. The van der Waals surface area contributed by atoms with Gasteiger partial charge in [0.2, 0.25) is 5.91 Å². The lowest BCUT2D eigenvalue weighted by Crippen LogP contribution is -2.49. The normalized spacial score (nSPS) is 15.9. The first-order valence-electron chi connectivity index (χ1n) is 7.54. The van der Waals surface area contributed by atoms with Crippen molar-refractivity contribution in [1.82, 2.24) is 9.80 Å². The van der Waals surface area contributed by atoms with Crippen LogP contribution in [0.1, 0.15) is 12.5 Å². The van der Waals surface area contributed by atoms with E-state index in [2.05, 4.69) is 4.90 Å². The van der Waals surface area contributed by atoms with Crippen molar-refractivity contribution in [3.8, 4) is 5.75 Å². The van der Waals surface area contributed by atoms with E-state index in [-0.39, 0.29) is 12.5 Å². The predicted molar refractivity (Wildman–Crippen MR) is 86.4 cm³/mol. The van der Waals surface area contributed by atoms with E-state index in [1.807, 2.05) is 30.0 Å². The molecule has 0 aliphatic carbocycles. The highest BCUT2D eigenvalue weighted by Gasteiger charge is 2.21. The molecule has 0 atom stereocenters. The lowest BCUT2D eigenvalue weighted by atomic mass is 10.1. The van der Waals surface area contributed by atoms with Crippen LogP contribution < -0.4 is 4.74 Å². The maximum absolute atomic E-state index is 11.9. The Balaban J connectivity index is 1.87. The van der Waals surface area contributed by atoms with Crippen LogP contribution in [0.4, 0.5) is 0 Å². The van der Waals surface area contributed by atoms with Gasteiger partial charge in [-0.2, -0.15) is 0 Å². The predicted octanol–water partition coefficient (Wildman–Crippen LogP) is 2.03. The number of carbonyl (C=O) groups excluding carboxylic acids is 1. The summed E-state index contributed by atoms with van der Waals surface area (Å²) in [6, 6.07) is 5.65. The van der Waals surface area contributed by atoms with Gasteiger partial charge < -0.3 is 14.4 Å². The molecule has 0 bridgehead atoms. The Morgan fingerprint density at radius 1 is 1.27 bits per heavy atom. The summed E-state index contributed by atoms with van der Waals surface area (Å²) in [6.45, 7) is 6.56. The molecule has 1 fully saturated rings. The molecular weight excluding hydrogens is 304 g/mol. The zero-order valence-electron chi connectivity index (χ0n) is 13.2. The first kappa shape index (κ1) is 17.1.